The van der Waals surface area contributed by atoms with Gasteiger partial charge in [0, 0.05) is 24.1 Å². The molecule has 0 aliphatic rings. The van der Waals surface area contributed by atoms with Gasteiger partial charge in [-0.05, 0) is 19.9 Å². The van der Waals surface area contributed by atoms with Crippen LogP contribution in [0.2, 0.25) is 0 Å². The van der Waals surface area contributed by atoms with E-state index in [-0.39, 0.29) is 24.9 Å². The quantitative estimate of drug-likeness (QED) is 0.794. The molecule has 1 aromatic carbocycles. The Morgan fingerprint density at radius 1 is 1.23 bits per heavy atom. The van der Waals surface area contributed by atoms with Crippen molar-refractivity contribution in [2.75, 3.05) is 19.8 Å². The number of ether oxygens (including phenoxy) is 2. The third kappa shape index (κ3) is 3.65. The molecule has 0 saturated carbocycles. The minimum absolute atomic E-state index is 0.0824. The summed E-state index contributed by atoms with van der Waals surface area (Å²) in [5.41, 5.74) is 1.22. The summed E-state index contributed by atoms with van der Waals surface area (Å²) in [6.07, 6.45) is 0. The highest BCUT2D eigenvalue weighted by atomic mass is 16.5. The summed E-state index contributed by atoms with van der Waals surface area (Å²) in [5.74, 6) is -0.936. The van der Waals surface area contributed by atoms with Gasteiger partial charge in [-0.3, -0.25) is 4.79 Å². The Hall–Kier alpha value is -2.34. The number of amides is 1. The number of rotatable bonds is 7. The Balaban J connectivity index is 2.21. The van der Waals surface area contributed by atoms with Crippen LogP contribution in [0.15, 0.2) is 28.7 Å². The average Bonchev–Trinajstić information content (AvgIpc) is 2.89. The van der Waals surface area contributed by atoms with Gasteiger partial charge in [0.05, 0.1) is 6.61 Å². The second kappa shape index (κ2) is 7.61. The van der Waals surface area contributed by atoms with Crippen LogP contribution in [0.4, 0.5) is 0 Å². The van der Waals surface area contributed by atoms with Crippen LogP contribution in [-0.2, 0) is 20.9 Å². The zero-order valence-electron chi connectivity index (χ0n) is 12.7. The van der Waals surface area contributed by atoms with Gasteiger partial charge in [0.2, 0.25) is 5.76 Å². The molecule has 0 fully saturated rings. The smallest absolute Gasteiger partial charge is 0.375 e. The van der Waals surface area contributed by atoms with Crippen molar-refractivity contribution in [1.82, 2.24) is 5.32 Å². The van der Waals surface area contributed by atoms with E-state index in [0.29, 0.717) is 24.3 Å². The molecule has 118 valence electrons. The average molecular weight is 305 g/mol. The molecule has 6 heteroatoms. The van der Waals surface area contributed by atoms with Gasteiger partial charge in [-0.15, -0.1) is 0 Å². The number of nitrogens with one attached hydrogen (secondary N) is 1. The molecule has 0 saturated heterocycles. The lowest BCUT2D eigenvalue weighted by Gasteiger charge is -2.05. The molecule has 1 heterocycles. The zero-order chi connectivity index (χ0) is 15.9. The van der Waals surface area contributed by atoms with Crippen LogP contribution in [0, 0.1) is 0 Å². The Morgan fingerprint density at radius 3 is 2.73 bits per heavy atom. The molecule has 1 amide bonds. The van der Waals surface area contributed by atoms with Crippen molar-refractivity contribution in [3.63, 3.8) is 0 Å². The molecule has 2 aromatic rings. The predicted octanol–water partition coefficient (Wildman–Crippen LogP) is 2.26. The van der Waals surface area contributed by atoms with E-state index >= 15 is 0 Å². The van der Waals surface area contributed by atoms with E-state index in [1.807, 2.05) is 25.1 Å². The van der Waals surface area contributed by atoms with Crippen LogP contribution in [0.25, 0.3) is 11.0 Å². The SMILES string of the molecule is CCNC(=O)COC(=O)c1oc2ccccc2c1COCC. The number of likely N-dealkylation sites (N-methyl/N-ethyl adjacent to an activating group) is 1. The molecule has 0 aliphatic carbocycles. The van der Waals surface area contributed by atoms with Crippen molar-refractivity contribution in [3.8, 4) is 0 Å². The van der Waals surface area contributed by atoms with Crippen LogP contribution >= 0.6 is 0 Å². The standard InChI is InChI=1S/C16H19NO5/c1-3-17-14(18)10-21-16(19)15-12(9-20-4-2)11-7-5-6-8-13(11)22-15/h5-8H,3-4,9-10H2,1-2H3,(H,17,18). The maximum atomic E-state index is 12.2. The summed E-state index contributed by atoms with van der Waals surface area (Å²) < 4.78 is 16.0. The molecule has 22 heavy (non-hydrogen) atoms. The highest BCUT2D eigenvalue weighted by molar-refractivity contribution is 5.96. The number of furan rings is 1. The first kappa shape index (κ1) is 16.0. The van der Waals surface area contributed by atoms with Gasteiger partial charge in [-0.1, -0.05) is 18.2 Å². The van der Waals surface area contributed by atoms with Gasteiger partial charge >= 0.3 is 5.97 Å². The van der Waals surface area contributed by atoms with E-state index in [4.69, 9.17) is 13.9 Å². The van der Waals surface area contributed by atoms with Gasteiger partial charge in [-0.2, -0.15) is 0 Å². The second-order valence-corrected chi connectivity index (χ2v) is 4.57. The number of esters is 1. The van der Waals surface area contributed by atoms with Crippen LogP contribution in [0.1, 0.15) is 30.0 Å². The molecular weight excluding hydrogens is 286 g/mol. The summed E-state index contributed by atoms with van der Waals surface area (Å²) in [6.45, 7) is 4.58. The van der Waals surface area contributed by atoms with Crippen molar-refractivity contribution in [3.05, 3.63) is 35.6 Å². The molecule has 1 aromatic heterocycles. The third-order valence-electron chi connectivity index (χ3n) is 3.04. The van der Waals surface area contributed by atoms with Crippen molar-refractivity contribution in [1.29, 1.82) is 0 Å². The number of hydrogen-bond donors (Lipinski definition) is 1. The zero-order valence-corrected chi connectivity index (χ0v) is 12.7. The molecular formula is C16H19NO5. The number of hydrogen-bond acceptors (Lipinski definition) is 5. The van der Waals surface area contributed by atoms with Gasteiger partial charge in [0.25, 0.3) is 5.91 Å². The van der Waals surface area contributed by atoms with Crippen molar-refractivity contribution in [2.24, 2.45) is 0 Å². The molecule has 0 atom stereocenters. The highest BCUT2D eigenvalue weighted by Gasteiger charge is 2.22. The molecule has 2 rings (SSSR count). The van der Waals surface area contributed by atoms with Crippen LogP contribution < -0.4 is 5.32 Å². The molecule has 0 spiro atoms. The number of fused-ring (bicyclic) bond motifs is 1. The molecule has 0 bridgehead atoms. The van der Waals surface area contributed by atoms with Crippen molar-refractivity contribution in [2.45, 2.75) is 20.5 Å². The van der Waals surface area contributed by atoms with Gasteiger partial charge in [0.15, 0.2) is 6.61 Å². The van der Waals surface area contributed by atoms with Gasteiger partial charge < -0.3 is 19.2 Å². The summed E-state index contributed by atoms with van der Waals surface area (Å²) in [7, 11) is 0. The van der Waals surface area contributed by atoms with E-state index in [2.05, 4.69) is 5.32 Å². The number of carbonyl (C=O) groups excluding carboxylic acids is 2. The Bertz CT molecular complexity index is 662. The summed E-state index contributed by atoms with van der Waals surface area (Å²) >= 11 is 0. The van der Waals surface area contributed by atoms with E-state index in [1.165, 1.54) is 0 Å². The normalized spacial score (nSPS) is 10.6. The van der Waals surface area contributed by atoms with E-state index in [0.717, 1.165) is 5.39 Å². The van der Waals surface area contributed by atoms with Gasteiger partial charge in [-0.25, -0.2) is 4.79 Å². The first-order valence-electron chi connectivity index (χ1n) is 7.19. The van der Waals surface area contributed by atoms with Crippen molar-refractivity contribution >= 4 is 22.8 Å². The molecule has 6 nitrogen and oxygen atoms in total. The Kier molecular flexibility index (Phi) is 5.55. The lowest BCUT2D eigenvalue weighted by molar-refractivity contribution is -0.124. The van der Waals surface area contributed by atoms with Crippen molar-refractivity contribution < 1.29 is 23.5 Å². The van der Waals surface area contributed by atoms with Gasteiger partial charge in [0.1, 0.15) is 5.58 Å². The highest BCUT2D eigenvalue weighted by Crippen LogP contribution is 2.27. The second-order valence-electron chi connectivity index (χ2n) is 4.57. The minimum atomic E-state index is -0.669. The summed E-state index contributed by atoms with van der Waals surface area (Å²) in [4.78, 5) is 23.5. The number of benzene rings is 1. The van der Waals surface area contributed by atoms with Crippen LogP contribution in [-0.4, -0.2) is 31.6 Å². The third-order valence-corrected chi connectivity index (χ3v) is 3.04. The fraction of sp³-hybridized carbons (Fsp3) is 0.375. The van der Waals surface area contributed by atoms with Crippen LogP contribution in [0.5, 0.6) is 0 Å². The lowest BCUT2D eigenvalue weighted by Crippen LogP contribution is -2.28. The minimum Gasteiger partial charge on any atom is -0.450 e. The predicted molar refractivity (Wildman–Crippen MR) is 80.5 cm³/mol. The molecule has 0 radical (unpaired) electrons. The van der Waals surface area contributed by atoms with E-state index in [1.54, 1.807) is 13.0 Å². The molecule has 1 N–H and O–H groups in total. The largest absolute Gasteiger partial charge is 0.450 e. The number of carbonyl (C=O) groups is 2. The summed E-state index contributed by atoms with van der Waals surface area (Å²) in [6, 6.07) is 7.30. The fourth-order valence-electron chi connectivity index (χ4n) is 2.06. The van der Waals surface area contributed by atoms with E-state index < -0.39 is 5.97 Å². The molecule has 0 unspecified atom stereocenters. The Morgan fingerprint density at radius 2 is 2.00 bits per heavy atom. The number of para-hydroxylation sites is 1. The summed E-state index contributed by atoms with van der Waals surface area (Å²) in [5, 5.41) is 3.36. The first-order valence-corrected chi connectivity index (χ1v) is 7.19. The monoisotopic (exact) mass is 305 g/mol. The maximum Gasteiger partial charge on any atom is 0.375 e. The molecule has 0 aliphatic heterocycles. The maximum absolute atomic E-state index is 12.2. The van der Waals surface area contributed by atoms with Crippen LogP contribution in [0.3, 0.4) is 0 Å². The fourth-order valence-corrected chi connectivity index (χ4v) is 2.06. The lowest BCUT2D eigenvalue weighted by atomic mass is 10.1. The van der Waals surface area contributed by atoms with E-state index in [9.17, 15) is 9.59 Å². The first-order chi connectivity index (χ1) is 10.7. The Labute approximate surface area is 128 Å². The topological polar surface area (TPSA) is 77.8 Å².